The summed E-state index contributed by atoms with van der Waals surface area (Å²) >= 11 is 0. The molecule has 11 unspecified atom stereocenters. The maximum absolute atomic E-state index is 13.9. The van der Waals surface area contributed by atoms with E-state index in [2.05, 4.69) is 20.1 Å². The monoisotopic (exact) mass is 698 g/mol. The van der Waals surface area contributed by atoms with Crippen LogP contribution < -0.4 is 0 Å². The molecule has 10 heterocycles. The molecule has 10 aliphatic rings. The minimum absolute atomic E-state index is 0.0117. The molecule has 50 heavy (non-hydrogen) atoms. The molecule has 0 aromatic carbocycles. The highest BCUT2D eigenvalue weighted by Crippen LogP contribution is 2.54. The summed E-state index contributed by atoms with van der Waals surface area (Å²) in [7, 11) is 1.64. The van der Waals surface area contributed by atoms with Crippen LogP contribution in [0.1, 0.15) is 90.4 Å². The largest absolute Gasteiger partial charge is 0.378 e. The van der Waals surface area contributed by atoms with Gasteiger partial charge in [-0.2, -0.15) is 0 Å². The molecule has 0 N–H and O–H groups in total. The number of hydrogen-bond donors (Lipinski definition) is 0. The van der Waals surface area contributed by atoms with E-state index in [0.29, 0.717) is 19.3 Å². The van der Waals surface area contributed by atoms with Crippen LogP contribution in [-0.4, -0.2) is 117 Å². The molecule has 0 aromatic heterocycles. The van der Waals surface area contributed by atoms with Crippen LogP contribution in [0.4, 0.5) is 0 Å². The average Bonchev–Trinajstić information content (AvgIpc) is 3.76. The van der Waals surface area contributed by atoms with Crippen LogP contribution in [0, 0.1) is 11.8 Å². The summed E-state index contributed by atoms with van der Waals surface area (Å²) in [5.41, 5.74) is 2.20. The molecule has 0 aromatic rings. The first kappa shape index (κ1) is 34.2. The Morgan fingerprint density at radius 1 is 0.760 bits per heavy atom. The highest BCUT2D eigenvalue weighted by molar-refractivity contribution is 5.79. The molecule has 18 atom stereocenters. The fourth-order valence-corrected chi connectivity index (χ4v) is 11.0. The molecule has 0 saturated carbocycles. The van der Waals surface area contributed by atoms with E-state index >= 15 is 0 Å². The summed E-state index contributed by atoms with van der Waals surface area (Å²) in [4.78, 5) is 25.6. The minimum Gasteiger partial charge on any atom is -0.378 e. The third-order valence-electron chi connectivity index (χ3n) is 13.5. The highest BCUT2D eigenvalue weighted by Gasteiger charge is 2.68. The van der Waals surface area contributed by atoms with E-state index in [9.17, 15) is 9.59 Å². The quantitative estimate of drug-likeness (QED) is 0.310. The lowest BCUT2D eigenvalue weighted by Crippen LogP contribution is -2.61. The lowest BCUT2D eigenvalue weighted by molar-refractivity contribution is -0.292. The van der Waals surface area contributed by atoms with E-state index < -0.39 is 11.9 Å². The SMILES string of the molecule is C=C1C(C)CC2CC[C@@H]3OC(CC[C@@]45CC6OC7C(O4)[C@H]4OC(CCC4O[C@H]7C6O5)CC(=O)CC4[C@H](CC1O2)O[C@H](CC=O)[C@@H]4OC)CC3=C. The summed E-state index contributed by atoms with van der Waals surface area (Å²) in [6.45, 7) is 11.1. The summed E-state index contributed by atoms with van der Waals surface area (Å²) in [5, 5.41) is 0. The van der Waals surface area contributed by atoms with Gasteiger partial charge in [-0.15, -0.1) is 0 Å². The fourth-order valence-electron chi connectivity index (χ4n) is 11.0. The fraction of sp³-hybridized carbons (Fsp3) is 0.846. The Labute approximate surface area is 295 Å². The normalized spacial score (nSPS) is 53.2. The number of rotatable bonds is 3. The Balaban J connectivity index is 0.996. The number of methoxy groups -OCH3 is 1. The van der Waals surface area contributed by atoms with Gasteiger partial charge >= 0.3 is 0 Å². The molecule has 11 nitrogen and oxygen atoms in total. The minimum atomic E-state index is -0.776. The maximum Gasteiger partial charge on any atom is 0.172 e. The van der Waals surface area contributed by atoms with Crippen LogP contribution in [0.25, 0.3) is 0 Å². The number of carbonyl (C=O) groups excluding carboxylic acids is 2. The molecule has 276 valence electrons. The van der Waals surface area contributed by atoms with Crippen molar-refractivity contribution in [3.63, 3.8) is 0 Å². The summed E-state index contributed by atoms with van der Waals surface area (Å²) in [6, 6.07) is 0. The molecule has 10 fully saturated rings. The van der Waals surface area contributed by atoms with Crippen LogP contribution in [0.5, 0.6) is 0 Å². The van der Waals surface area contributed by atoms with Crippen LogP contribution in [0.15, 0.2) is 24.3 Å². The number of aldehydes is 1. The van der Waals surface area contributed by atoms with E-state index in [4.69, 9.17) is 42.6 Å². The zero-order valence-corrected chi connectivity index (χ0v) is 29.5. The van der Waals surface area contributed by atoms with E-state index in [1.54, 1.807) is 7.11 Å². The second-order valence-electron chi connectivity index (χ2n) is 16.7. The molecule has 10 rings (SSSR count). The predicted octanol–water partition coefficient (Wildman–Crippen LogP) is 4.32. The van der Waals surface area contributed by atoms with Gasteiger partial charge in [0, 0.05) is 51.6 Å². The molecular formula is C39H54O11. The van der Waals surface area contributed by atoms with Crippen molar-refractivity contribution in [1.82, 2.24) is 0 Å². The topological polar surface area (TPSA) is 117 Å². The average molecular weight is 699 g/mol. The van der Waals surface area contributed by atoms with Gasteiger partial charge in [0.15, 0.2) is 5.79 Å². The highest BCUT2D eigenvalue weighted by atomic mass is 16.8. The summed E-state index contributed by atoms with van der Waals surface area (Å²) < 4.78 is 59.6. The zero-order valence-electron chi connectivity index (χ0n) is 29.5. The van der Waals surface area contributed by atoms with Crippen molar-refractivity contribution in [2.24, 2.45) is 11.8 Å². The Morgan fingerprint density at radius 3 is 2.36 bits per heavy atom. The third-order valence-corrected chi connectivity index (χ3v) is 13.5. The van der Waals surface area contributed by atoms with Gasteiger partial charge in [-0.25, -0.2) is 0 Å². The van der Waals surface area contributed by atoms with Crippen LogP contribution >= 0.6 is 0 Å². The Hall–Kier alpha value is -1.54. The first-order chi connectivity index (χ1) is 24.2. The number of hydrogen-bond acceptors (Lipinski definition) is 11. The second kappa shape index (κ2) is 13.4. The molecular weight excluding hydrogens is 644 g/mol. The molecule has 0 aliphatic carbocycles. The van der Waals surface area contributed by atoms with Gasteiger partial charge in [0.05, 0.1) is 61.0 Å². The van der Waals surface area contributed by atoms with Gasteiger partial charge in [0.1, 0.15) is 42.6 Å². The summed E-state index contributed by atoms with van der Waals surface area (Å²) in [5.74, 6) is -0.608. The van der Waals surface area contributed by atoms with Crippen molar-refractivity contribution < 1.29 is 52.2 Å². The number of Topliss-reactive ketones (excluding diaryl/α,β-unsaturated/α-hetero) is 1. The molecule has 0 radical (unpaired) electrons. The Kier molecular flexibility index (Phi) is 9.17. The maximum atomic E-state index is 13.9. The molecule has 11 heteroatoms. The van der Waals surface area contributed by atoms with Crippen molar-refractivity contribution in [2.45, 2.75) is 188 Å². The van der Waals surface area contributed by atoms with Gasteiger partial charge in [0.25, 0.3) is 0 Å². The van der Waals surface area contributed by atoms with Gasteiger partial charge < -0.3 is 47.4 Å². The Bertz CT molecular complexity index is 1350. The molecule has 10 aliphatic heterocycles. The van der Waals surface area contributed by atoms with Crippen LogP contribution in [0.3, 0.4) is 0 Å². The van der Waals surface area contributed by atoms with Gasteiger partial charge in [-0.05, 0) is 62.0 Å². The van der Waals surface area contributed by atoms with Crippen molar-refractivity contribution in [3.05, 3.63) is 24.3 Å². The number of ketones is 1. The molecule has 12 bridgehead atoms. The lowest BCUT2D eigenvalue weighted by atomic mass is 9.81. The third kappa shape index (κ3) is 6.00. The first-order valence-corrected chi connectivity index (χ1v) is 19.3. The number of carbonyl (C=O) groups is 2. The molecule has 1 spiro atoms. The van der Waals surface area contributed by atoms with Crippen LogP contribution in [0.2, 0.25) is 0 Å². The van der Waals surface area contributed by atoms with E-state index in [0.717, 1.165) is 62.4 Å². The van der Waals surface area contributed by atoms with Gasteiger partial charge in [0.2, 0.25) is 0 Å². The van der Waals surface area contributed by atoms with Crippen molar-refractivity contribution in [2.75, 3.05) is 7.11 Å². The predicted molar refractivity (Wildman–Crippen MR) is 177 cm³/mol. The zero-order chi connectivity index (χ0) is 34.3. The standard InChI is InChI=1S/C39H54O11/c1-19-13-23-5-7-27-20(2)14-25(43-27)9-11-39-18-32-35(49-39)36-37(48-32)38(50-39)34-28(47-36)8-6-24(45-34)15-22(41)16-26-31(17-30(44-23)21(19)3)46-29(10-12-40)33(26)42-4/h12,19,23-38H,2-3,5-11,13-18H2,1,4H3/t19?,23?,24?,25?,26?,27-,28?,29+,30?,31-,32?,33+,34-,35?,36-,37?,38?,39-/m0/s1. The van der Waals surface area contributed by atoms with E-state index in [1.165, 1.54) is 0 Å². The van der Waals surface area contributed by atoms with Crippen molar-refractivity contribution >= 4 is 12.1 Å². The Morgan fingerprint density at radius 2 is 1.52 bits per heavy atom. The number of ether oxygens (including phenoxy) is 9. The van der Waals surface area contributed by atoms with Crippen molar-refractivity contribution in [3.8, 4) is 0 Å². The van der Waals surface area contributed by atoms with Crippen molar-refractivity contribution in [1.29, 1.82) is 0 Å². The lowest BCUT2D eigenvalue weighted by Gasteiger charge is -2.47. The second-order valence-corrected chi connectivity index (χ2v) is 16.7. The molecule has 10 saturated heterocycles. The first-order valence-electron chi connectivity index (χ1n) is 19.3. The van der Waals surface area contributed by atoms with Crippen LogP contribution in [-0.2, 0) is 52.2 Å². The summed E-state index contributed by atoms with van der Waals surface area (Å²) in [6.07, 6.45) is 6.39. The van der Waals surface area contributed by atoms with Gasteiger partial charge in [-0.1, -0.05) is 20.1 Å². The van der Waals surface area contributed by atoms with Gasteiger partial charge in [-0.3, -0.25) is 4.79 Å². The van der Waals surface area contributed by atoms with E-state index in [1.807, 2.05) is 0 Å². The van der Waals surface area contributed by atoms with E-state index in [-0.39, 0.29) is 122 Å². The smallest absolute Gasteiger partial charge is 0.172 e. The number of fused-ring (bicyclic) bond motifs is 6. The molecule has 0 amide bonds.